The summed E-state index contributed by atoms with van der Waals surface area (Å²) in [6.07, 6.45) is 1.77. The van der Waals surface area contributed by atoms with E-state index in [1.165, 1.54) is 17.4 Å². The lowest BCUT2D eigenvalue weighted by atomic mass is 9.93. The number of methoxy groups -OCH3 is 1. The number of hydrogen-bond acceptors (Lipinski definition) is 7. The van der Waals surface area contributed by atoms with Crippen LogP contribution >= 0.6 is 27.3 Å². The second-order valence-corrected chi connectivity index (χ2v) is 12.1. The Morgan fingerprint density at radius 2 is 1.76 bits per heavy atom. The van der Waals surface area contributed by atoms with Crippen molar-refractivity contribution in [3.05, 3.63) is 155 Å². The molecule has 1 aliphatic heterocycles. The number of aromatic nitrogens is 1. The Hall–Kier alpha value is -4.80. The monoisotopic (exact) mass is 698 g/mol. The zero-order valence-electron chi connectivity index (χ0n) is 24.9. The van der Waals surface area contributed by atoms with Gasteiger partial charge in [-0.3, -0.25) is 9.36 Å². The van der Waals surface area contributed by atoms with Crippen LogP contribution in [0.2, 0.25) is 0 Å². The fourth-order valence-electron chi connectivity index (χ4n) is 5.19. The highest BCUT2D eigenvalue weighted by molar-refractivity contribution is 9.10. The molecule has 0 aliphatic carbocycles. The van der Waals surface area contributed by atoms with E-state index in [0.717, 1.165) is 11.1 Å². The van der Waals surface area contributed by atoms with Gasteiger partial charge in [0.05, 0.1) is 40.0 Å². The first-order valence-corrected chi connectivity index (χ1v) is 16.1. The highest BCUT2D eigenvalue weighted by Gasteiger charge is 2.35. The Labute approximate surface area is 276 Å². The Morgan fingerprint density at radius 1 is 1.02 bits per heavy atom. The Bertz CT molecular complexity index is 2120. The van der Waals surface area contributed by atoms with E-state index >= 15 is 0 Å². The van der Waals surface area contributed by atoms with Crippen LogP contribution in [0.1, 0.15) is 35.2 Å². The highest BCUT2D eigenvalue weighted by atomic mass is 79.9. The minimum Gasteiger partial charge on any atom is -0.497 e. The molecule has 0 spiro atoms. The number of rotatable bonds is 9. The van der Waals surface area contributed by atoms with Crippen LogP contribution in [0.25, 0.3) is 11.8 Å². The van der Waals surface area contributed by atoms with Crippen molar-refractivity contribution in [2.24, 2.45) is 4.99 Å². The molecule has 0 radical (unpaired) electrons. The molecule has 2 heterocycles. The van der Waals surface area contributed by atoms with E-state index < -0.39 is 12.0 Å². The van der Waals surface area contributed by atoms with Gasteiger partial charge in [-0.1, -0.05) is 78.1 Å². The molecule has 46 heavy (non-hydrogen) atoms. The number of thiazole rings is 1. The summed E-state index contributed by atoms with van der Waals surface area (Å²) in [4.78, 5) is 33.1. The van der Waals surface area contributed by atoms with Crippen molar-refractivity contribution in [2.75, 3.05) is 13.7 Å². The number of halogens is 2. The molecule has 1 aliphatic rings. The minimum absolute atomic E-state index is 0.0706. The number of ether oxygens (including phenoxy) is 3. The molecule has 0 unspecified atom stereocenters. The fourth-order valence-corrected chi connectivity index (χ4v) is 6.70. The maximum absolute atomic E-state index is 14.1. The molecule has 1 atom stereocenters. The van der Waals surface area contributed by atoms with E-state index in [2.05, 4.69) is 15.9 Å². The van der Waals surface area contributed by atoms with Crippen LogP contribution in [0.5, 0.6) is 11.5 Å². The Kier molecular flexibility index (Phi) is 9.28. The Morgan fingerprint density at radius 3 is 2.46 bits per heavy atom. The molecule has 0 fully saturated rings. The van der Waals surface area contributed by atoms with Gasteiger partial charge in [-0.2, -0.15) is 0 Å². The number of carbonyl (C=O) groups excluding carboxylic acids is 1. The van der Waals surface area contributed by atoms with Crippen molar-refractivity contribution in [1.29, 1.82) is 0 Å². The molecule has 5 aromatic rings. The van der Waals surface area contributed by atoms with E-state index in [4.69, 9.17) is 19.2 Å². The molecule has 0 bridgehead atoms. The van der Waals surface area contributed by atoms with E-state index in [1.807, 2.05) is 54.6 Å². The summed E-state index contributed by atoms with van der Waals surface area (Å²) in [6.45, 7) is 1.98. The first-order chi connectivity index (χ1) is 22.4. The quantitative estimate of drug-likeness (QED) is 0.166. The van der Waals surface area contributed by atoms with Gasteiger partial charge in [-0.25, -0.2) is 14.2 Å². The lowest BCUT2D eigenvalue weighted by Gasteiger charge is -2.26. The van der Waals surface area contributed by atoms with Crippen molar-refractivity contribution < 1.29 is 23.4 Å². The van der Waals surface area contributed by atoms with Gasteiger partial charge >= 0.3 is 5.97 Å². The molecule has 0 N–H and O–H groups in total. The standard InChI is InChI=1S/C36H28BrFN2O5S/c1-3-44-35(42)31-32(23-9-5-4-6-10-23)39-36-40(33(31)24-14-16-26(43-2)17-15-24)34(41)30(46-36)20-22-13-18-29(27(37)19-22)45-21-25-11-7-8-12-28(25)38/h4-20,33H,3,21H2,1-2H3/b30-20-/t33-/m1/s1. The third kappa shape index (κ3) is 6.31. The average Bonchev–Trinajstić information content (AvgIpc) is 3.38. The van der Waals surface area contributed by atoms with Crippen LogP contribution in [0.15, 0.2) is 117 Å². The third-order valence-electron chi connectivity index (χ3n) is 7.40. The number of benzene rings is 4. The molecule has 1 aromatic heterocycles. The van der Waals surface area contributed by atoms with Crippen LogP contribution < -0.4 is 24.4 Å². The SMILES string of the molecule is CCOC(=O)C1=C(c2ccccc2)N=c2s/c(=C\c3ccc(OCc4ccccc4F)c(Br)c3)c(=O)n2[C@@H]1c1ccc(OC)cc1. The van der Waals surface area contributed by atoms with Crippen molar-refractivity contribution in [1.82, 2.24) is 4.57 Å². The van der Waals surface area contributed by atoms with Crippen molar-refractivity contribution in [3.8, 4) is 11.5 Å². The summed E-state index contributed by atoms with van der Waals surface area (Å²) in [5.41, 5.74) is 3.06. The van der Waals surface area contributed by atoms with Crippen LogP contribution in [0.4, 0.5) is 4.39 Å². The molecule has 0 amide bonds. The first kappa shape index (κ1) is 31.2. The summed E-state index contributed by atoms with van der Waals surface area (Å²) >= 11 is 4.78. The zero-order chi connectivity index (χ0) is 32.2. The fraction of sp³-hybridized carbons (Fsp3) is 0.139. The summed E-state index contributed by atoms with van der Waals surface area (Å²) in [5.74, 6) is 0.302. The second kappa shape index (κ2) is 13.7. The smallest absolute Gasteiger partial charge is 0.338 e. The van der Waals surface area contributed by atoms with E-state index in [-0.39, 0.29) is 30.2 Å². The lowest BCUT2D eigenvalue weighted by Crippen LogP contribution is -2.40. The van der Waals surface area contributed by atoms with Crippen LogP contribution in [0.3, 0.4) is 0 Å². The molecule has 0 saturated heterocycles. The number of nitrogens with zero attached hydrogens (tertiary/aromatic N) is 2. The lowest BCUT2D eigenvalue weighted by molar-refractivity contribution is -0.138. The predicted octanol–water partition coefficient (Wildman–Crippen LogP) is 6.42. The van der Waals surface area contributed by atoms with Crippen molar-refractivity contribution >= 4 is 45.0 Å². The number of hydrogen-bond donors (Lipinski definition) is 0. The molecule has 7 nitrogen and oxygen atoms in total. The molecular weight excluding hydrogens is 671 g/mol. The maximum atomic E-state index is 14.1. The third-order valence-corrected chi connectivity index (χ3v) is 9.00. The first-order valence-electron chi connectivity index (χ1n) is 14.5. The van der Waals surface area contributed by atoms with Crippen molar-refractivity contribution in [2.45, 2.75) is 19.6 Å². The van der Waals surface area contributed by atoms with Gasteiger partial charge in [0.1, 0.15) is 23.9 Å². The maximum Gasteiger partial charge on any atom is 0.338 e. The largest absolute Gasteiger partial charge is 0.497 e. The van der Waals surface area contributed by atoms with Crippen LogP contribution in [-0.4, -0.2) is 24.3 Å². The van der Waals surface area contributed by atoms with Gasteiger partial charge in [0, 0.05) is 11.1 Å². The normalized spacial score (nSPS) is 14.4. The molecule has 10 heteroatoms. The van der Waals surface area contributed by atoms with Gasteiger partial charge in [0.2, 0.25) is 0 Å². The average molecular weight is 700 g/mol. The summed E-state index contributed by atoms with van der Waals surface area (Å²) in [6, 6.07) is 27.7. The molecule has 4 aromatic carbocycles. The van der Waals surface area contributed by atoms with Gasteiger partial charge in [-0.15, -0.1) is 0 Å². The van der Waals surface area contributed by atoms with Gasteiger partial charge in [0.15, 0.2) is 4.80 Å². The Balaban J connectivity index is 1.46. The number of carbonyl (C=O) groups is 1. The van der Waals surface area contributed by atoms with Gasteiger partial charge in [0.25, 0.3) is 5.56 Å². The summed E-state index contributed by atoms with van der Waals surface area (Å²) in [7, 11) is 1.58. The summed E-state index contributed by atoms with van der Waals surface area (Å²) < 4.78 is 33.4. The van der Waals surface area contributed by atoms with Crippen molar-refractivity contribution in [3.63, 3.8) is 0 Å². The minimum atomic E-state index is -0.792. The highest BCUT2D eigenvalue weighted by Crippen LogP contribution is 2.36. The summed E-state index contributed by atoms with van der Waals surface area (Å²) in [5, 5.41) is 0. The molecule has 0 saturated carbocycles. The zero-order valence-corrected chi connectivity index (χ0v) is 27.3. The van der Waals surface area contributed by atoms with Crippen LogP contribution in [-0.2, 0) is 16.1 Å². The van der Waals surface area contributed by atoms with E-state index in [9.17, 15) is 14.0 Å². The van der Waals surface area contributed by atoms with Gasteiger partial charge in [-0.05, 0) is 70.4 Å². The molecule has 6 rings (SSSR count). The topological polar surface area (TPSA) is 79.1 Å². The van der Waals surface area contributed by atoms with E-state index in [1.54, 1.807) is 61.1 Å². The number of fused-ring (bicyclic) bond motifs is 1. The second-order valence-electron chi connectivity index (χ2n) is 10.3. The predicted molar refractivity (Wildman–Crippen MR) is 179 cm³/mol. The number of esters is 1. The van der Waals surface area contributed by atoms with E-state index in [0.29, 0.717) is 42.1 Å². The molecular formula is C36H28BrFN2O5S. The van der Waals surface area contributed by atoms with Gasteiger partial charge < -0.3 is 14.2 Å². The van der Waals surface area contributed by atoms with Crippen LogP contribution in [0, 0.1) is 5.82 Å². The molecule has 232 valence electrons.